The van der Waals surface area contributed by atoms with Crippen LogP contribution in [0.15, 0.2) is 84.9 Å². The van der Waals surface area contributed by atoms with Gasteiger partial charge in [-0.1, -0.05) is 66.2 Å². The molecule has 0 bridgehead atoms. The highest BCUT2D eigenvalue weighted by Gasteiger charge is 2.14. The predicted octanol–water partition coefficient (Wildman–Crippen LogP) is 7.18. The topological polar surface area (TPSA) is 75.2 Å². The van der Waals surface area contributed by atoms with Crippen molar-refractivity contribution >= 4 is 28.6 Å². The minimum Gasteiger partial charge on any atom is -0.478 e. The Balaban J connectivity index is 1.46. The lowest BCUT2D eigenvalue weighted by Gasteiger charge is -2.07. The number of aromatic carboxylic acids is 1. The third-order valence-corrected chi connectivity index (χ3v) is 5.55. The number of aromatic nitrogens is 2. The summed E-state index contributed by atoms with van der Waals surface area (Å²) >= 11 is 6.53. The van der Waals surface area contributed by atoms with Crippen molar-refractivity contribution in [2.24, 2.45) is 0 Å². The zero-order valence-electron chi connectivity index (χ0n) is 17.0. The van der Waals surface area contributed by atoms with Crippen molar-refractivity contribution in [3.05, 3.63) is 101 Å². The van der Waals surface area contributed by atoms with Gasteiger partial charge in [-0.2, -0.15) is 4.98 Å². The number of carboxylic acids is 1. The molecule has 0 saturated heterocycles. The molecule has 4 aromatic carbocycles. The SMILES string of the molecule is O=C(O)c1ccc(F)c(Oc2nc3cc(-c4ccc(-c5ccccc5)cc4)c(Cl)cc3[nH]2)c1. The first-order chi connectivity index (χ1) is 16.0. The lowest BCUT2D eigenvalue weighted by atomic mass is 10.00. The van der Waals surface area contributed by atoms with Gasteiger partial charge in [-0.05, 0) is 47.0 Å². The van der Waals surface area contributed by atoms with Crippen LogP contribution in [-0.4, -0.2) is 21.0 Å². The van der Waals surface area contributed by atoms with Crippen LogP contribution < -0.4 is 4.74 Å². The van der Waals surface area contributed by atoms with Crippen LogP contribution in [-0.2, 0) is 0 Å². The van der Waals surface area contributed by atoms with E-state index in [0.717, 1.165) is 40.5 Å². The number of benzene rings is 4. The van der Waals surface area contributed by atoms with Crippen molar-refractivity contribution in [3.63, 3.8) is 0 Å². The van der Waals surface area contributed by atoms with E-state index in [2.05, 4.69) is 9.97 Å². The zero-order chi connectivity index (χ0) is 22.9. The Morgan fingerprint density at radius 3 is 2.33 bits per heavy atom. The number of H-pyrrole nitrogens is 1. The van der Waals surface area contributed by atoms with E-state index < -0.39 is 11.8 Å². The van der Waals surface area contributed by atoms with E-state index in [0.29, 0.717) is 16.1 Å². The maximum atomic E-state index is 14.1. The van der Waals surface area contributed by atoms with Crippen molar-refractivity contribution in [1.29, 1.82) is 0 Å². The molecule has 0 aliphatic rings. The summed E-state index contributed by atoms with van der Waals surface area (Å²) < 4.78 is 19.6. The Kier molecular flexibility index (Phi) is 5.28. The molecule has 5 nitrogen and oxygen atoms in total. The van der Waals surface area contributed by atoms with Crippen molar-refractivity contribution in [3.8, 4) is 34.0 Å². The maximum absolute atomic E-state index is 14.1. The molecule has 162 valence electrons. The summed E-state index contributed by atoms with van der Waals surface area (Å²) in [5, 5.41) is 9.63. The number of halogens is 2. The second kappa shape index (κ2) is 8.41. The Morgan fingerprint density at radius 1 is 0.909 bits per heavy atom. The van der Waals surface area contributed by atoms with Crippen molar-refractivity contribution in [2.45, 2.75) is 0 Å². The van der Waals surface area contributed by atoms with E-state index in [-0.39, 0.29) is 17.3 Å². The molecule has 0 aliphatic heterocycles. The molecular weight excluding hydrogens is 443 g/mol. The highest BCUT2D eigenvalue weighted by Crippen LogP contribution is 2.34. The maximum Gasteiger partial charge on any atom is 0.335 e. The molecule has 0 fully saturated rings. The first-order valence-corrected chi connectivity index (χ1v) is 10.4. The fourth-order valence-electron chi connectivity index (χ4n) is 3.57. The van der Waals surface area contributed by atoms with E-state index in [1.54, 1.807) is 6.07 Å². The van der Waals surface area contributed by atoms with E-state index in [1.807, 2.05) is 60.7 Å². The summed E-state index contributed by atoms with van der Waals surface area (Å²) in [5.74, 6) is -2.12. The van der Waals surface area contributed by atoms with E-state index in [1.165, 1.54) is 0 Å². The third-order valence-electron chi connectivity index (χ3n) is 5.24. The molecule has 0 radical (unpaired) electrons. The highest BCUT2D eigenvalue weighted by molar-refractivity contribution is 6.34. The normalized spacial score (nSPS) is 11.0. The van der Waals surface area contributed by atoms with Gasteiger partial charge in [0.1, 0.15) is 0 Å². The van der Waals surface area contributed by atoms with Gasteiger partial charge in [0.2, 0.25) is 0 Å². The molecule has 5 rings (SSSR count). The molecule has 0 atom stereocenters. The average Bonchev–Trinajstić information content (AvgIpc) is 3.21. The molecule has 0 aliphatic carbocycles. The number of ether oxygens (including phenoxy) is 1. The minimum absolute atomic E-state index is 0.0269. The number of imidazole rings is 1. The molecule has 0 unspecified atom stereocenters. The van der Waals surface area contributed by atoms with E-state index in [9.17, 15) is 9.18 Å². The van der Waals surface area contributed by atoms with Gasteiger partial charge in [-0.25, -0.2) is 9.18 Å². The summed E-state index contributed by atoms with van der Waals surface area (Å²) in [7, 11) is 0. The lowest BCUT2D eigenvalue weighted by Crippen LogP contribution is -1.98. The van der Waals surface area contributed by atoms with Crippen LogP contribution in [0.25, 0.3) is 33.3 Å². The number of carboxylic acid groups (broad SMARTS) is 1. The van der Waals surface area contributed by atoms with Gasteiger partial charge in [0.25, 0.3) is 6.01 Å². The summed E-state index contributed by atoms with van der Waals surface area (Å²) in [6.45, 7) is 0. The van der Waals surface area contributed by atoms with Gasteiger partial charge in [-0.15, -0.1) is 0 Å². The van der Waals surface area contributed by atoms with Gasteiger partial charge < -0.3 is 14.8 Å². The fourth-order valence-corrected chi connectivity index (χ4v) is 3.84. The van der Waals surface area contributed by atoms with Gasteiger partial charge in [0.05, 0.1) is 21.6 Å². The number of rotatable bonds is 5. The Hall–Kier alpha value is -4.16. The summed E-state index contributed by atoms with van der Waals surface area (Å²) in [4.78, 5) is 18.5. The molecular formula is C26H16ClFN2O3. The standard InChI is InChI=1S/C26H16ClFN2O3/c27-20-14-23-22(29-26(30-23)33-24-12-18(25(31)32)10-11-21(24)28)13-19(20)17-8-6-16(7-9-17)15-4-2-1-3-5-15/h1-14H,(H,29,30)(H,31,32). The van der Waals surface area contributed by atoms with Gasteiger partial charge in [-0.3, -0.25) is 0 Å². The number of nitrogens with zero attached hydrogens (tertiary/aromatic N) is 1. The second-order valence-electron chi connectivity index (χ2n) is 7.39. The monoisotopic (exact) mass is 458 g/mol. The van der Waals surface area contributed by atoms with E-state index >= 15 is 0 Å². The molecule has 0 amide bonds. The smallest absolute Gasteiger partial charge is 0.335 e. The third kappa shape index (κ3) is 4.16. The molecule has 2 N–H and O–H groups in total. The van der Waals surface area contributed by atoms with Crippen LogP contribution in [0, 0.1) is 5.82 Å². The number of nitrogens with one attached hydrogen (secondary N) is 1. The molecule has 0 saturated carbocycles. The van der Waals surface area contributed by atoms with Gasteiger partial charge in [0.15, 0.2) is 11.6 Å². The van der Waals surface area contributed by atoms with Crippen LogP contribution in [0.3, 0.4) is 0 Å². The van der Waals surface area contributed by atoms with Crippen molar-refractivity contribution in [1.82, 2.24) is 9.97 Å². The Labute approximate surface area is 193 Å². The molecule has 7 heteroatoms. The highest BCUT2D eigenvalue weighted by atomic mass is 35.5. The van der Waals surface area contributed by atoms with Crippen molar-refractivity contribution < 1.29 is 19.0 Å². The zero-order valence-corrected chi connectivity index (χ0v) is 17.8. The largest absolute Gasteiger partial charge is 0.478 e. The van der Waals surface area contributed by atoms with Crippen LogP contribution in [0.1, 0.15) is 10.4 Å². The van der Waals surface area contributed by atoms with Crippen LogP contribution in [0.2, 0.25) is 5.02 Å². The summed E-state index contributed by atoms with van der Waals surface area (Å²) in [6.07, 6.45) is 0. The first-order valence-electron chi connectivity index (χ1n) is 10.0. The first kappa shape index (κ1) is 20.7. The summed E-state index contributed by atoms with van der Waals surface area (Å²) in [5.41, 5.74) is 5.03. The molecule has 1 heterocycles. The van der Waals surface area contributed by atoms with Crippen molar-refractivity contribution in [2.75, 3.05) is 0 Å². The second-order valence-corrected chi connectivity index (χ2v) is 7.79. The summed E-state index contributed by atoms with van der Waals surface area (Å²) in [6, 6.07) is 25.0. The number of aromatic amines is 1. The van der Waals surface area contributed by atoms with Gasteiger partial charge >= 0.3 is 5.97 Å². The lowest BCUT2D eigenvalue weighted by molar-refractivity contribution is 0.0696. The average molecular weight is 459 g/mol. The van der Waals surface area contributed by atoms with E-state index in [4.69, 9.17) is 21.4 Å². The quantitative estimate of drug-likeness (QED) is 0.292. The number of fused-ring (bicyclic) bond motifs is 1. The number of hydrogen-bond donors (Lipinski definition) is 2. The predicted molar refractivity (Wildman–Crippen MR) is 125 cm³/mol. The van der Waals surface area contributed by atoms with Gasteiger partial charge in [0, 0.05) is 5.56 Å². The minimum atomic E-state index is -1.18. The molecule has 1 aromatic heterocycles. The molecule has 5 aromatic rings. The Bertz CT molecular complexity index is 1480. The van der Waals surface area contributed by atoms with Crippen LogP contribution >= 0.6 is 11.6 Å². The van der Waals surface area contributed by atoms with Crippen LogP contribution in [0.5, 0.6) is 11.8 Å². The molecule has 0 spiro atoms. The van der Waals surface area contributed by atoms with Crippen LogP contribution in [0.4, 0.5) is 4.39 Å². The fraction of sp³-hybridized carbons (Fsp3) is 0. The number of hydrogen-bond acceptors (Lipinski definition) is 3. The number of carbonyl (C=O) groups is 1. The molecule has 33 heavy (non-hydrogen) atoms. The Morgan fingerprint density at radius 2 is 1.61 bits per heavy atom.